The first-order valence-corrected chi connectivity index (χ1v) is 10.3. The Kier molecular flexibility index (Phi) is 7.15. The number of amides is 2. The third-order valence-electron chi connectivity index (χ3n) is 4.85. The number of carbonyl (C=O) groups excluding carboxylic acids is 2. The normalized spacial score (nSPS) is 10.9. The largest absolute Gasteiger partial charge is 0.493 e. The fourth-order valence-electron chi connectivity index (χ4n) is 3.08. The first-order valence-electron chi connectivity index (χ1n) is 10.3. The molecule has 0 aliphatic heterocycles. The van der Waals surface area contributed by atoms with E-state index in [1.54, 1.807) is 49.6 Å². The van der Waals surface area contributed by atoms with Crippen molar-refractivity contribution >= 4 is 23.2 Å². The molecule has 6 heteroatoms. The van der Waals surface area contributed by atoms with E-state index in [0.29, 0.717) is 28.4 Å². The van der Waals surface area contributed by atoms with Crippen molar-refractivity contribution in [1.82, 2.24) is 0 Å². The molecule has 2 N–H and O–H groups in total. The van der Waals surface area contributed by atoms with Gasteiger partial charge in [0.25, 0.3) is 11.8 Å². The molecular formula is C26H28N2O4. The third-order valence-corrected chi connectivity index (χ3v) is 4.85. The van der Waals surface area contributed by atoms with Gasteiger partial charge >= 0.3 is 0 Å². The molecule has 3 aromatic carbocycles. The average Bonchev–Trinajstić information content (AvgIpc) is 2.77. The van der Waals surface area contributed by atoms with Crippen LogP contribution in [0.3, 0.4) is 0 Å². The summed E-state index contributed by atoms with van der Waals surface area (Å²) in [5.41, 5.74) is 2.89. The van der Waals surface area contributed by atoms with E-state index in [1.165, 1.54) is 0 Å². The zero-order valence-electron chi connectivity index (χ0n) is 18.8. The fraction of sp³-hybridized carbons (Fsp3) is 0.231. The molecular weight excluding hydrogens is 404 g/mol. The Morgan fingerprint density at radius 3 is 2.06 bits per heavy atom. The Hall–Kier alpha value is -3.80. The van der Waals surface area contributed by atoms with Crippen LogP contribution in [-0.4, -0.2) is 25.5 Å². The van der Waals surface area contributed by atoms with E-state index in [4.69, 9.17) is 9.47 Å². The summed E-state index contributed by atoms with van der Waals surface area (Å²) in [7, 11) is 1.54. The molecule has 0 unspecified atom stereocenters. The fourth-order valence-corrected chi connectivity index (χ4v) is 3.08. The Morgan fingerprint density at radius 1 is 0.812 bits per heavy atom. The zero-order valence-corrected chi connectivity index (χ0v) is 18.8. The van der Waals surface area contributed by atoms with Crippen molar-refractivity contribution in [2.75, 3.05) is 24.4 Å². The summed E-state index contributed by atoms with van der Waals surface area (Å²) in [5, 5.41) is 5.64. The number of methoxy groups -OCH3 is 1. The van der Waals surface area contributed by atoms with E-state index in [9.17, 15) is 9.59 Å². The maximum Gasteiger partial charge on any atom is 0.262 e. The minimum atomic E-state index is -0.322. The predicted molar refractivity (Wildman–Crippen MR) is 127 cm³/mol. The first-order chi connectivity index (χ1) is 15.3. The summed E-state index contributed by atoms with van der Waals surface area (Å²) in [6, 6.07) is 21.7. The Balaban J connectivity index is 1.59. The molecule has 0 aromatic heterocycles. The molecule has 0 heterocycles. The Labute approximate surface area is 188 Å². The van der Waals surface area contributed by atoms with Crippen molar-refractivity contribution in [1.29, 1.82) is 0 Å². The number of carbonyl (C=O) groups is 2. The van der Waals surface area contributed by atoms with E-state index < -0.39 is 0 Å². The molecule has 0 saturated carbocycles. The summed E-state index contributed by atoms with van der Waals surface area (Å²) < 4.78 is 10.8. The van der Waals surface area contributed by atoms with Gasteiger partial charge in [0.05, 0.1) is 7.11 Å². The van der Waals surface area contributed by atoms with Crippen LogP contribution in [0.4, 0.5) is 11.4 Å². The molecule has 32 heavy (non-hydrogen) atoms. The highest BCUT2D eigenvalue weighted by Crippen LogP contribution is 2.26. The summed E-state index contributed by atoms with van der Waals surface area (Å²) in [6.45, 7) is 6.22. The molecule has 0 aliphatic rings. The highest BCUT2D eigenvalue weighted by Gasteiger charge is 2.14. The lowest BCUT2D eigenvalue weighted by atomic mass is 9.87. The van der Waals surface area contributed by atoms with Crippen LogP contribution in [0.25, 0.3) is 0 Å². The SMILES string of the molecule is COc1ccccc1OCC(=O)Nc1cccc(NC(=O)c2ccc(C(C)(C)C)cc2)c1. The maximum absolute atomic E-state index is 12.6. The predicted octanol–water partition coefficient (Wildman–Crippen LogP) is 5.26. The Morgan fingerprint density at radius 2 is 1.44 bits per heavy atom. The summed E-state index contributed by atoms with van der Waals surface area (Å²) in [5.74, 6) is 0.509. The number of para-hydroxylation sites is 2. The second-order valence-electron chi connectivity index (χ2n) is 8.35. The highest BCUT2D eigenvalue weighted by atomic mass is 16.5. The van der Waals surface area contributed by atoms with Gasteiger partial charge in [-0.1, -0.05) is 51.1 Å². The number of benzene rings is 3. The first kappa shape index (κ1) is 22.9. The summed E-state index contributed by atoms with van der Waals surface area (Å²) >= 11 is 0. The van der Waals surface area contributed by atoms with E-state index in [1.807, 2.05) is 30.3 Å². The molecule has 3 aromatic rings. The van der Waals surface area contributed by atoms with Gasteiger partial charge in [0.1, 0.15) is 0 Å². The van der Waals surface area contributed by atoms with Crippen molar-refractivity contribution in [3.63, 3.8) is 0 Å². The number of nitrogens with one attached hydrogen (secondary N) is 2. The van der Waals surface area contributed by atoms with Crippen LogP contribution < -0.4 is 20.1 Å². The molecule has 0 saturated heterocycles. The van der Waals surface area contributed by atoms with Crippen LogP contribution in [0.5, 0.6) is 11.5 Å². The van der Waals surface area contributed by atoms with Gasteiger partial charge in [0.2, 0.25) is 0 Å². The number of hydrogen-bond acceptors (Lipinski definition) is 4. The van der Waals surface area contributed by atoms with E-state index in [0.717, 1.165) is 5.56 Å². The lowest BCUT2D eigenvalue weighted by Gasteiger charge is -2.19. The van der Waals surface area contributed by atoms with Crippen LogP contribution in [0.15, 0.2) is 72.8 Å². The number of rotatable bonds is 7. The minimum Gasteiger partial charge on any atom is -0.493 e. The van der Waals surface area contributed by atoms with Gasteiger partial charge in [-0.05, 0) is 53.4 Å². The summed E-state index contributed by atoms with van der Waals surface area (Å²) in [4.78, 5) is 24.9. The Bertz CT molecular complexity index is 1090. The standard InChI is InChI=1S/C26H28N2O4/c1-26(2,3)19-14-12-18(13-15-19)25(30)28-21-9-7-8-20(16-21)27-24(29)17-32-23-11-6-5-10-22(23)31-4/h5-16H,17H2,1-4H3,(H,27,29)(H,28,30). The molecule has 0 spiro atoms. The van der Waals surface area contributed by atoms with Crippen LogP contribution in [0.2, 0.25) is 0 Å². The highest BCUT2D eigenvalue weighted by molar-refractivity contribution is 6.04. The molecule has 0 bridgehead atoms. The van der Waals surface area contributed by atoms with E-state index >= 15 is 0 Å². The van der Waals surface area contributed by atoms with Crippen molar-refractivity contribution in [2.24, 2.45) is 0 Å². The molecule has 0 radical (unpaired) electrons. The van der Waals surface area contributed by atoms with E-state index in [-0.39, 0.29) is 23.8 Å². The average molecular weight is 433 g/mol. The topological polar surface area (TPSA) is 76.7 Å². The van der Waals surface area contributed by atoms with Crippen molar-refractivity contribution < 1.29 is 19.1 Å². The van der Waals surface area contributed by atoms with Gasteiger partial charge in [-0.3, -0.25) is 9.59 Å². The zero-order chi connectivity index (χ0) is 23.1. The number of ether oxygens (including phenoxy) is 2. The number of anilines is 2. The minimum absolute atomic E-state index is 0.0247. The van der Waals surface area contributed by atoms with Gasteiger partial charge in [-0.2, -0.15) is 0 Å². The summed E-state index contributed by atoms with van der Waals surface area (Å²) in [6.07, 6.45) is 0. The van der Waals surface area contributed by atoms with Gasteiger partial charge in [0, 0.05) is 16.9 Å². The van der Waals surface area contributed by atoms with Gasteiger partial charge in [-0.25, -0.2) is 0 Å². The van der Waals surface area contributed by atoms with E-state index in [2.05, 4.69) is 31.4 Å². The van der Waals surface area contributed by atoms with Crippen molar-refractivity contribution in [2.45, 2.75) is 26.2 Å². The molecule has 2 amide bonds. The van der Waals surface area contributed by atoms with Crippen LogP contribution in [-0.2, 0) is 10.2 Å². The molecule has 166 valence electrons. The van der Waals surface area contributed by atoms with Crippen molar-refractivity contribution in [3.8, 4) is 11.5 Å². The smallest absolute Gasteiger partial charge is 0.262 e. The second-order valence-corrected chi connectivity index (χ2v) is 8.35. The van der Waals surface area contributed by atoms with Crippen molar-refractivity contribution in [3.05, 3.63) is 83.9 Å². The molecule has 6 nitrogen and oxygen atoms in total. The molecule has 0 atom stereocenters. The molecule has 3 rings (SSSR count). The van der Waals surface area contributed by atoms with Crippen LogP contribution in [0, 0.1) is 0 Å². The van der Waals surface area contributed by atoms with Gasteiger partial charge in [-0.15, -0.1) is 0 Å². The second kappa shape index (κ2) is 10.0. The maximum atomic E-state index is 12.6. The monoisotopic (exact) mass is 432 g/mol. The van der Waals surface area contributed by atoms with Crippen LogP contribution in [0.1, 0.15) is 36.7 Å². The number of hydrogen-bond donors (Lipinski definition) is 2. The lowest BCUT2D eigenvalue weighted by Crippen LogP contribution is -2.20. The molecule has 0 fully saturated rings. The molecule has 0 aliphatic carbocycles. The van der Waals surface area contributed by atoms with Crippen LogP contribution >= 0.6 is 0 Å². The quantitative estimate of drug-likeness (QED) is 0.534. The third kappa shape index (κ3) is 6.11. The van der Waals surface area contributed by atoms with Gasteiger partial charge < -0.3 is 20.1 Å². The lowest BCUT2D eigenvalue weighted by molar-refractivity contribution is -0.118. The van der Waals surface area contributed by atoms with Gasteiger partial charge in [0.15, 0.2) is 18.1 Å².